The van der Waals surface area contributed by atoms with Gasteiger partial charge in [0.25, 0.3) is 0 Å². The van der Waals surface area contributed by atoms with E-state index in [1.54, 1.807) is 0 Å². The number of aromatic nitrogens is 1. The van der Waals surface area contributed by atoms with Crippen LogP contribution in [0.4, 0.5) is 5.82 Å². The molecule has 1 saturated heterocycles. The summed E-state index contributed by atoms with van der Waals surface area (Å²) < 4.78 is 0. The highest BCUT2D eigenvalue weighted by Crippen LogP contribution is 2.20. The van der Waals surface area contributed by atoms with E-state index in [9.17, 15) is 0 Å². The van der Waals surface area contributed by atoms with Crippen molar-refractivity contribution < 1.29 is 0 Å². The Hall–Kier alpha value is -1.61. The molecular weight excluding hydrogens is 222 g/mol. The maximum Gasteiger partial charge on any atom is 0.133 e. The zero-order valence-corrected chi connectivity index (χ0v) is 10.5. The number of benzene rings is 1. The summed E-state index contributed by atoms with van der Waals surface area (Å²) in [5.41, 5.74) is 0. The first kappa shape index (κ1) is 11.5. The highest BCUT2D eigenvalue weighted by atomic mass is 15.0. The van der Waals surface area contributed by atoms with Gasteiger partial charge in [0, 0.05) is 24.2 Å². The van der Waals surface area contributed by atoms with Crippen molar-refractivity contribution >= 4 is 16.6 Å². The predicted molar refractivity (Wildman–Crippen MR) is 75.9 cm³/mol. The third kappa shape index (κ3) is 2.46. The summed E-state index contributed by atoms with van der Waals surface area (Å²) in [5, 5.41) is 9.48. The fourth-order valence-electron chi connectivity index (χ4n) is 2.58. The van der Waals surface area contributed by atoms with Crippen LogP contribution in [-0.4, -0.2) is 24.1 Å². The molecule has 0 spiro atoms. The van der Waals surface area contributed by atoms with Crippen LogP contribution in [0.2, 0.25) is 0 Å². The monoisotopic (exact) mass is 241 g/mol. The Labute approximate surface area is 108 Å². The maximum atomic E-state index is 4.45. The largest absolute Gasteiger partial charge is 0.368 e. The van der Waals surface area contributed by atoms with Crippen molar-refractivity contribution in [3.63, 3.8) is 0 Å². The summed E-state index contributed by atoms with van der Waals surface area (Å²) in [6.07, 6.45) is 5.78. The molecule has 2 heterocycles. The molecule has 1 aliphatic rings. The number of anilines is 1. The number of nitrogens with zero attached hydrogens (tertiary/aromatic N) is 1. The summed E-state index contributed by atoms with van der Waals surface area (Å²) in [5.74, 6) is 1.00. The van der Waals surface area contributed by atoms with Crippen LogP contribution in [0.25, 0.3) is 10.8 Å². The third-order valence-electron chi connectivity index (χ3n) is 3.60. The summed E-state index contributed by atoms with van der Waals surface area (Å²) in [6, 6.07) is 11.0. The van der Waals surface area contributed by atoms with Crippen LogP contribution >= 0.6 is 0 Å². The van der Waals surface area contributed by atoms with Crippen LogP contribution in [0.15, 0.2) is 36.5 Å². The van der Waals surface area contributed by atoms with Gasteiger partial charge in [0.2, 0.25) is 0 Å². The zero-order valence-electron chi connectivity index (χ0n) is 10.5. The Morgan fingerprint density at radius 3 is 3.06 bits per heavy atom. The first-order valence-corrected chi connectivity index (χ1v) is 6.74. The minimum Gasteiger partial charge on any atom is -0.368 e. The van der Waals surface area contributed by atoms with Crippen molar-refractivity contribution in [1.82, 2.24) is 10.3 Å². The fraction of sp³-hybridized carbons (Fsp3) is 0.400. The van der Waals surface area contributed by atoms with E-state index >= 15 is 0 Å². The van der Waals surface area contributed by atoms with Crippen LogP contribution in [0.5, 0.6) is 0 Å². The molecule has 0 radical (unpaired) electrons. The van der Waals surface area contributed by atoms with Crippen molar-refractivity contribution in [1.29, 1.82) is 0 Å². The van der Waals surface area contributed by atoms with Crippen LogP contribution < -0.4 is 10.6 Å². The maximum absolute atomic E-state index is 4.45. The van der Waals surface area contributed by atoms with Gasteiger partial charge in [-0.15, -0.1) is 0 Å². The van der Waals surface area contributed by atoms with Gasteiger partial charge in [0.05, 0.1) is 0 Å². The smallest absolute Gasteiger partial charge is 0.133 e. The number of hydrogen-bond donors (Lipinski definition) is 2. The molecule has 94 valence electrons. The lowest BCUT2D eigenvalue weighted by molar-refractivity contribution is 0.414. The van der Waals surface area contributed by atoms with E-state index in [4.69, 9.17) is 0 Å². The average Bonchev–Trinajstić information content (AvgIpc) is 2.46. The lowest BCUT2D eigenvalue weighted by atomic mass is 10.1. The molecule has 0 bridgehead atoms. The molecule has 3 rings (SSSR count). The van der Waals surface area contributed by atoms with Crippen molar-refractivity contribution in [2.45, 2.75) is 25.3 Å². The average molecular weight is 241 g/mol. The van der Waals surface area contributed by atoms with E-state index in [0.717, 1.165) is 18.9 Å². The molecule has 0 aliphatic carbocycles. The van der Waals surface area contributed by atoms with Crippen LogP contribution in [0, 0.1) is 0 Å². The molecule has 0 saturated carbocycles. The van der Waals surface area contributed by atoms with Crippen molar-refractivity contribution in [2.75, 3.05) is 18.4 Å². The Morgan fingerprint density at radius 2 is 2.17 bits per heavy atom. The van der Waals surface area contributed by atoms with E-state index in [1.165, 1.54) is 30.0 Å². The number of fused-ring (bicyclic) bond motifs is 1. The van der Waals surface area contributed by atoms with Crippen molar-refractivity contribution in [2.24, 2.45) is 0 Å². The molecule has 2 aromatic rings. The van der Waals surface area contributed by atoms with Crippen LogP contribution in [-0.2, 0) is 0 Å². The van der Waals surface area contributed by atoms with Gasteiger partial charge in [0.15, 0.2) is 0 Å². The van der Waals surface area contributed by atoms with E-state index < -0.39 is 0 Å². The molecule has 1 atom stereocenters. The van der Waals surface area contributed by atoms with Crippen molar-refractivity contribution in [3.8, 4) is 0 Å². The normalized spacial score (nSPS) is 19.9. The molecule has 1 aliphatic heterocycles. The minimum atomic E-state index is 0.583. The summed E-state index contributed by atoms with van der Waals surface area (Å²) >= 11 is 0. The first-order valence-electron chi connectivity index (χ1n) is 6.74. The molecule has 18 heavy (non-hydrogen) atoms. The Kier molecular flexibility index (Phi) is 3.42. The van der Waals surface area contributed by atoms with Gasteiger partial charge >= 0.3 is 0 Å². The number of piperidine rings is 1. The second-order valence-electron chi connectivity index (χ2n) is 4.91. The molecule has 0 amide bonds. The minimum absolute atomic E-state index is 0.583. The Morgan fingerprint density at radius 1 is 1.22 bits per heavy atom. The summed E-state index contributed by atoms with van der Waals surface area (Å²) in [7, 11) is 0. The van der Waals surface area contributed by atoms with Crippen LogP contribution in [0.3, 0.4) is 0 Å². The molecule has 3 nitrogen and oxygen atoms in total. The van der Waals surface area contributed by atoms with Gasteiger partial charge in [-0.3, -0.25) is 0 Å². The highest BCUT2D eigenvalue weighted by molar-refractivity contribution is 5.91. The van der Waals surface area contributed by atoms with E-state index in [-0.39, 0.29) is 0 Å². The first-order chi connectivity index (χ1) is 8.93. The lowest BCUT2D eigenvalue weighted by Crippen LogP contribution is -2.39. The van der Waals surface area contributed by atoms with Gasteiger partial charge in [0.1, 0.15) is 5.82 Å². The molecule has 1 aromatic heterocycles. The second kappa shape index (κ2) is 5.36. The van der Waals surface area contributed by atoms with Crippen molar-refractivity contribution in [3.05, 3.63) is 36.5 Å². The fourth-order valence-corrected chi connectivity index (χ4v) is 2.58. The molecule has 2 N–H and O–H groups in total. The van der Waals surface area contributed by atoms with Gasteiger partial charge in [-0.25, -0.2) is 4.98 Å². The summed E-state index contributed by atoms with van der Waals surface area (Å²) in [4.78, 5) is 4.45. The molecular formula is C15H19N3. The van der Waals surface area contributed by atoms with E-state index in [0.29, 0.717) is 6.04 Å². The van der Waals surface area contributed by atoms with E-state index in [2.05, 4.69) is 45.9 Å². The van der Waals surface area contributed by atoms with Gasteiger partial charge in [-0.1, -0.05) is 30.7 Å². The highest BCUT2D eigenvalue weighted by Gasteiger charge is 2.12. The van der Waals surface area contributed by atoms with E-state index in [1.807, 2.05) is 6.20 Å². The number of hydrogen-bond acceptors (Lipinski definition) is 3. The SMILES string of the molecule is c1ccc2c(NC[C@H]3CCCCN3)nccc2c1. The number of pyridine rings is 1. The Balaban J connectivity index is 1.74. The van der Waals surface area contributed by atoms with Gasteiger partial charge < -0.3 is 10.6 Å². The molecule has 0 unspecified atom stereocenters. The number of rotatable bonds is 3. The topological polar surface area (TPSA) is 37.0 Å². The standard InChI is InChI=1S/C15H19N3/c1-2-7-14-12(5-1)8-10-17-15(14)18-11-13-6-3-4-9-16-13/h1-2,5,7-8,10,13,16H,3-4,6,9,11H2,(H,17,18)/t13-/m1/s1. The molecule has 1 aromatic carbocycles. The lowest BCUT2D eigenvalue weighted by Gasteiger charge is -2.24. The van der Waals surface area contributed by atoms with Crippen LogP contribution in [0.1, 0.15) is 19.3 Å². The Bertz CT molecular complexity index is 513. The second-order valence-corrected chi connectivity index (χ2v) is 4.91. The van der Waals surface area contributed by atoms with Gasteiger partial charge in [-0.2, -0.15) is 0 Å². The quantitative estimate of drug-likeness (QED) is 0.867. The molecule has 3 heteroatoms. The summed E-state index contributed by atoms with van der Waals surface area (Å²) in [6.45, 7) is 2.11. The molecule has 1 fully saturated rings. The predicted octanol–water partition coefficient (Wildman–Crippen LogP) is 2.79. The zero-order chi connectivity index (χ0) is 12.2. The van der Waals surface area contributed by atoms with Gasteiger partial charge in [-0.05, 0) is 30.8 Å². The third-order valence-corrected chi connectivity index (χ3v) is 3.60. The number of nitrogens with one attached hydrogen (secondary N) is 2.